The summed E-state index contributed by atoms with van der Waals surface area (Å²) in [6, 6.07) is 8.50. The molecule has 1 aromatic carbocycles. The second kappa shape index (κ2) is 7.62. The molecular weight excluding hydrogens is 422 g/mol. The van der Waals surface area contributed by atoms with Crippen LogP contribution in [0.5, 0.6) is 0 Å². The van der Waals surface area contributed by atoms with Gasteiger partial charge in [0.15, 0.2) is 20.5 Å². The minimum Gasteiger partial charge on any atom is -0.370 e. The van der Waals surface area contributed by atoms with E-state index in [9.17, 15) is 8.42 Å². The van der Waals surface area contributed by atoms with Crippen LogP contribution in [-0.2, 0) is 9.84 Å². The largest absolute Gasteiger partial charge is 0.370 e. The molecule has 3 aromatic rings. The van der Waals surface area contributed by atoms with Crippen molar-refractivity contribution in [3.05, 3.63) is 24.3 Å². The Morgan fingerprint density at radius 3 is 2.53 bits per heavy atom. The molecule has 9 nitrogen and oxygen atoms in total. The van der Waals surface area contributed by atoms with Gasteiger partial charge in [0.25, 0.3) is 0 Å². The lowest BCUT2D eigenvalue weighted by Gasteiger charge is -2.28. The third-order valence-electron chi connectivity index (χ3n) is 5.17. The van der Waals surface area contributed by atoms with Crippen molar-refractivity contribution in [3.8, 4) is 0 Å². The number of rotatable bonds is 6. The highest BCUT2D eigenvalue weighted by Gasteiger charge is 2.27. The van der Waals surface area contributed by atoms with E-state index in [0.717, 1.165) is 49.4 Å². The van der Waals surface area contributed by atoms with E-state index in [-0.39, 0.29) is 5.03 Å². The fourth-order valence-corrected chi connectivity index (χ4v) is 5.13. The maximum absolute atomic E-state index is 12.1. The van der Waals surface area contributed by atoms with Crippen molar-refractivity contribution < 1.29 is 8.42 Å². The Morgan fingerprint density at radius 2 is 1.87 bits per heavy atom. The van der Waals surface area contributed by atoms with Crippen LogP contribution in [0.2, 0.25) is 0 Å². The molecule has 3 heterocycles. The van der Waals surface area contributed by atoms with Gasteiger partial charge >= 0.3 is 0 Å². The van der Waals surface area contributed by atoms with Crippen LogP contribution in [0.25, 0.3) is 11.0 Å². The van der Waals surface area contributed by atoms with E-state index in [1.54, 1.807) is 0 Å². The van der Waals surface area contributed by atoms with Gasteiger partial charge in [-0.15, -0.1) is 0 Å². The molecule has 11 heteroatoms. The molecule has 0 unspecified atom stereocenters. The van der Waals surface area contributed by atoms with E-state index in [1.807, 2.05) is 23.9 Å². The van der Waals surface area contributed by atoms with Gasteiger partial charge in [0, 0.05) is 48.3 Å². The molecule has 0 radical (unpaired) electrons. The third-order valence-corrected chi connectivity index (χ3v) is 7.15. The highest BCUT2D eigenvalue weighted by Crippen LogP contribution is 2.32. The number of aromatic nitrogens is 4. The molecule has 2 fully saturated rings. The highest BCUT2D eigenvalue weighted by atomic mass is 32.2. The van der Waals surface area contributed by atoms with Crippen LogP contribution >= 0.6 is 11.8 Å². The lowest BCUT2D eigenvalue weighted by molar-refractivity contribution is 0.598. The van der Waals surface area contributed by atoms with Gasteiger partial charge in [0.2, 0.25) is 5.95 Å². The van der Waals surface area contributed by atoms with Crippen LogP contribution in [0, 0.1) is 0 Å². The number of sulfone groups is 1. The normalized spacial score (nSPS) is 17.3. The Labute approximate surface area is 179 Å². The van der Waals surface area contributed by atoms with Crippen LogP contribution in [0.3, 0.4) is 0 Å². The van der Waals surface area contributed by atoms with Gasteiger partial charge in [-0.2, -0.15) is 26.8 Å². The van der Waals surface area contributed by atoms with Crippen LogP contribution in [0.4, 0.5) is 23.1 Å². The van der Waals surface area contributed by atoms with Gasteiger partial charge in [0.05, 0.1) is 0 Å². The van der Waals surface area contributed by atoms with Crippen LogP contribution in [0.1, 0.15) is 12.8 Å². The smallest absolute Gasteiger partial charge is 0.231 e. The zero-order valence-electron chi connectivity index (χ0n) is 16.6. The summed E-state index contributed by atoms with van der Waals surface area (Å²) < 4.78 is 24.2. The summed E-state index contributed by atoms with van der Waals surface area (Å²) in [5.74, 6) is 3.17. The van der Waals surface area contributed by atoms with E-state index < -0.39 is 9.84 Å². The Hall–Kier alpha value is -2.53. The fourth-order valence-electron chi connectivity index (χ4n) is 3.45. The van der Waals surface area contributed by atoms with Gasteiger partial charge < -0.3 is 15.5 Å². The lowest BCUT2D eigenvalue weighted by Crippen LogP contribution is -2.32. The van der Waals surface area contributed by atoms with Crippen LogP contribution < -0.4 is 15.5 Å². The maximum atomic E-state index is 12.1. The average Bonchev–Trinajstić information content (AvgIpc) is 3.43. The third kappa shape index (κ3) is 4.04. The Morgan fingerprint density at radius 1 is 1.13 bits per heavy atom. The Kier molecular flexibility index (Phi) is 4.94. The SMILES string of the molecule is CS(=O)(=O)c1[nH]nc2nc(Nc3ccc(N4CCSCC4)cc3)nc(NC3CC3)c12. The number of hydrogen-bond donors (Lipinski definition) is 3. The second-order valence-electron chi connectivity index (χ2n) is 7.61. The number of thioether (sulfide) groups is 1. The number of hydrogen-bond acceptors (Lipinski definition) is 9. The van der Waals surface area contributed by atoms with Gasteiger partial charge in [0.1, 0.15) is 11.2 Å². The molecule has 1 saturated carbocycles. The molecular formula is C19H23N7O2S2. The molecule has 1 aliphatic heterocycles. The zero-order valence-corrected chi connectivity index (χ0v) is 18.2. The highest BCUT2D eigenvalue weighted by molar-refractivity contribution is 7.99. The maximum Gasteiger partial charge on any atom is 0.231 e. The van der Waals surface area contributed by atoms with Crippen LogP contribution in [0.15, 0.2) is 29.3 Å². The fraction of sp³-hybridized carbons (Fsp3) is 0.421. The number of aromatic amines is 1. The molecule has 0 bridgehead atoms. The van der Waals surface area contributed by atoms with Crippen molar-refractivity contribution >= 4 is 55.8 Å². The quantitative estimate of drug-likeness (QED) is 0.526. The van der Waals surface area contributed by atoms with Crippen molar-refractivity contribution in [2.75, 3.05) is 46.4 Å². The topological polar surface area (TPSA) is 116 Å². The first-order valence-corrected chi connectivity index (χ1v) is 12.9. The summed E-state index contributed by atoms with van der Waals surface area (Å²) in [7, 11) is -3.48. The van der Waals surface area contributed by atoms with Crippen molar-refractivity contribution in [2.45, 2.75) is 23.9 Å². The lowest BCUT2D eigenvalue weighted by atomic mass is 10.2. The standard InChI is InChI=1S/C19H23N7O2S2/c1-30(27,28)18-15-16(20-12-2-3-12)22-19(23-17(15)24-25-18)21-13-4-6-14(7-5-13)26-8-10-29-11-9-26/h4-7,12H,2-3,8-11H2,1H3,(H3,20,21,22,23,24,25). The van der Waals surface area contributed by atoms with E-state index in [0.29, 0.717) is 28.8 Å². The molecule has 1 saturated heterocycles. The molecule has 2 aliphatic rings. The predicted molar refractivity (Wildman–Crippen MR) is 121 cm³/mol. The predicted octanol–water partition coefficient (Wildman–Crippen LogP) is 2.63. The van der Waals surface area contributed by atoms with E-state index >= 15 is 0 Å². The number of benzene rings is 1. The van der Waals surface area contributed by atoms with Crippen LogP contribution in [-0.4, -0.2) is 65.5 Å². The van der Waals surface area contributed by atoms with Crippen molar-refractivity contribution in [3.63, 3.8) is 0 Å². The van der Waals surface area contributed by atoms with E-state index in [4.69, 9.17) is 0 Å². The van der Waals surface area contributed by atoms with Gasteiger partial charge in [-0.1, -0.05) is 0 Å². The van der Waals surface area contributed by atoms with Gasteiger partial charge in [-0.25, -0.2) is 8.42 Å². The second-order valence-corrected chi connectivity index (χ2v) is 10.8. The first-order valence-electron chi connectivity index (χ1n) is 9.90. The zero-order chi connectivity index (χ0) is 20.7. The van der Waals surface area contributed by atoms with Gasteiger partial charge in [-0.05, 0) is 37.1 Å². The minimum absolute atomic E-state index is 0.0382. The van der Waals surface area contributed by atoms with Gasteiger partial charge in [-0.3, -0.25) is 5.10 Å². The molecule has 0 spiro atoms. The summed E-state index contributed by atoms with van der Waals surface area (Å²) in [6.45, 7) is 2.13. The number of anilines is 4. The summed E-state index contributed by atoms with van der Waals surface area (Å²) >= 11 is 1.99. The van der Waals surface area contributed by atoms with Crippen molar-refractivity contribution in [1.82, 2.24) is 20.2 Å². The molecule has 158 valence electrons. The minimum atomic E-state index is -3.48. The molecule has 30 heavy (non-hydrogen) atoms. The van der Waals surface area contributed by atoms with Crippen molar-refractivity contribution in [1.29, 1.82) is 0 Å². The molecule has 5 rings (SSSR count). The number of nitrogens with zero attached hydrogens (tertiary/aromatic N) is 4. The summed E-state index contributed by atoms with van der Waals surface area (Å²) in [5, 5.41) is 13.7. The first-order chi connectivity index (χ1) is 14.5. The average molecular weight is 446 g/mol. The van der Waals surface area contributed by atoms with E-state index in [2.05, 4.69) is 47.8 Å². The van der Waals surface area contributed by atoms with E-state index in [1.165, 1.54) is 5.69 Å². The molecule has 0 amide bonds. The molecule has 2 aromatic heterocycles. The first kappa shape index (κ1) is 19.4. The summed E-state index contributed by atoms with van der Waals surface area (Å²) in [6.07, 6.45) is 3.23. The summed E-state index contributed by atoms with van der Waals surface area (Å²) in [5.41, 5.74) is 2.39. The summed E-state index contributed by atoms with van der Waals surface area (Å²) in [4.78, 5) is 11.4. The molecule has 0 atom stereocenters. The Balaban J connectivity index is 1.44. The Bertz CT molecular complexity index is 1170. The number of nitrogens with one attached hydrogen (secondary N) is 3. The molecule has 3 N–H and O–H groups in total. The monoisotopic (exact) mass is 445 g/mol. The molecule has 1 aliphatic carbocycles. The number of H-pyrrole nitrogens is 1. The number of fused-ring (bicyclic) bond motifs is 1. The van der Waals surface area contributed by atoms with Crippen molar-refractivity contribution in [2.24, 2.45) is 0 Å².